The first-order chi connectivity index (χ1) is 12.7. The van der Waals surface area contributed by atoms with E-state index in [0.717, 1.165) is 30.3 Å². The Balaban J connectivity index is 1.76. The van der Waals surface area contributed by atoms with Crippen molar-refractivity contribution in [3.8, 4) is 0 Å². The Morgan fingerprint density at radius 1 is 1.07 bits per heavy atom. The molecule has 27 heavy (non-hydrogen) atoms. The number of hydrogen-bond donors (Lipinski definition) is 2. The Kier molecular flexibility index (Phi) is 4.61. The molecule has 0 radical (unpaired) electrons. The number of carbonyl (C=O) groups is 3. The van der Waals surface area contributed by atoms with Crippen LogP contribution in [0, 0.1) is 17.5 Å². The van der Waals surface area contributed by atoms with Crippen molar-refractivity contribution in [3.63, 3.8) is 0 Å². The van der Waals surface area contributed by atoms with Gasteiger partial charge in [-0.3, -0.25) is 14.5 Å². The second-order valence-corrected chi connectivity index (χ2v) is 6.13. The van der Waals surface area contributed by atoms with Gasteiger partial charge in [0.05, 0.1) is 5.69 Å². The summed E-state index contributed by atoms with van der Waals surface area (Å²) in [6.45, 7) is 0.724. The van der Waals surface area contributed by atoms with E-state index in [1.807, 2.05) is 0 Å². The van der Waals surface area contributed by atoms with Crippen LogP contribution in [-0.4, -0.2) is 29.3 Å². The number of anilines is 1. The van der Waals surface area contributed by atoms with Crippen LogP contribution < -0.4 is 10.6 Å². The lowest BCUT2D eigenvalue weighted by Gasteiger charge is -2.22. The van der Waals surface area contributed by atoms with Gasteiger partial charge in [0.2, 0.25) is 5.91 Å². The minimum absolute atomic E-state index is 0.335. The number of urea groups is 1. The van der Waals surface area contributed by atoms with Crippen molar-refractivity contribution in [2.75, 3.05) is 11.9 Å². The molecule has 2 N–H and O–H groups in total. The van der Waals surface area contributed by atoms with Crippen molar-refractivity contribution in [3.05, 3.63) is 65.5 Å². The molecule has 0 aromatic heterocycles. The molecule has 0 spiro atoms. The first-order valence-corrected chi connectivity index (χ1v) is 7.86. The van der Waals surface area contributed by atoms with Crippen LogP contribution in [0.5, 0.6) is 0 Å². The van der Waals surface area contributed by atoms with Gasteiger partial charge in [-0.1, -0.05) is 12.1 Å². The summed E-state index contributed by atoms with van der Waals surface area (Å²) in [7, 11) is 0. The van der Waals surface area contributed by atoms with Crippen molar-refractivity contribution in [2.24, 2.45) is 0 Å². The Morgan fingerprint density at radius 2 is 1.70 bits per heavy atom. The van der Waals surface area contributed by atoms with Gasteiger partial charge in [0.1, 0.15) is 29.5 Å². The molecular weight excluding hydrogens is 363 g/mol. The summed E-state index contributed by atoms with van der Waals surface area (Å²) in [6, 6.07) is 6.65. The molecule has 0 aliphatic carbocycles. The van der Waals surface area contributed by atoms with Crippen LogP contribution in [-0.2, 0) is 15.1 Å². The van der Waals surface area contributed by atoms with Crippen LogP contribution in [0.25, 0.3) is 0 Å². The maximum atomic E-state index is 13.6. The Morgan fingerprint density at radius 3 is 2.37 bits per heavy atom. The van der Waals surface area contributed by atoms with Gasteiger partial charge >= 0.3 is 6.03 Å². The van der Waals surface area contributed by atoms with Gasteiger partial charge in [0.15, 0.2) is 0 Å². The summed E-state index contributed by atoms with van der Waals surface area (Å²) in [5, 5.41) is 4.57. The molecule has 0 bridgehead atoms. The maximum Gasteiger partial charge on any atom is 0.325 e. The van der Waals surface area contributed by atoms with E-state index in [4.69, 9.17) is 0 Å². The van der Waals surface area contributed by atoms with Crippen LogP contribution in [0.4, 0.5) is 23.7 Å². The topological polar surface area (TPSA) is 78.5 Å². The van der Waals surface area contributed by atoms with Gasteiger partial charge in [-0.25, -0.2) is 18.0 Å². The fourth-order valence-corrected chi connectivity index (χ4v) is 2.75. The number of rotatable bonds is 4. The average Bonchev–Trinajstić information content (AvgIpc) is 2.83. The number of hydrogen-bond acceptors (Lipinski definition) is 3. The third kappa shape index (κ3) is 3.48. The highest BCUT2D eigenvalue weighted by Crippen LogP contribution is 2.29. The number of imide groups is 1. The molecule has 2 aromatic carbocycles. The average molecular weight is 377 g/mol. The third-order valence-corrected chi connectivity index (χ3v) is 4.20. The first-order valence-electron chi connectivity index (χ1n) is 7.86. The zero-order chi connectivity index (χ0) is 19.8. The SMILES string of the molecule is CC1(c2ccc(F)cc2)NC(=O)N(CC(=O)Nc2cc(F)ccc2F)C1=O. The molecule has 0 saturated carbocycles. The molecule has 140 valence electrons. The van der Waals surface area contributed by atoms with Crippen molar-refractivity contribution >= 4 is 23.5 Å². The number of halogens is 3. The Hall–Kier alpha value is -3.36. The van der Waals surface area contributed by atoms with Crippen molar-refractivity contribution in [2.45, 2.75) is 12.5 Å². The highest BCUT2D eigenvalue weighted by atomic mass is 19.1. The molecule has 1 fully saturated rings. The fraction of sp³-hybridized carbons (Fsp3) is 0.167. The van der Waals surface area contributed by atoms with E-state index in [0.29, 0.717) is 10.5 Å². The molecule has 2 aromatic rings. The molecule has 1 aliphatic rings. The van der Waals surface area contributed by atoms with Gasteiger partial charge < -0.3 is 10.6 Å². The molecule has 1 heterocycles. The van der Waals surface area contributed by atoms with E-state index in [9.17, 15) is 27.6 Å². The second-order valence-electron chi connectivity index (χ2n) is 6.13. The summed E-state index contributed by atoms with van der Waals surface area (Å²) in [5.41, 5.74) is -1.55. The molecule has 6 nitrogen and oxygen atoms in total. The second kappa shape index (κ2) is 6.75. The predicted octanol–water partition coefficient (Wildman–Crippen LogP) is 2.51. The van der Waals surface area contributed by atoms with Gasteiger partial charge in [-0.15, -0.1) is 0 Å². The maximum absolute atomic E-state index is 13.6. The predicted molar refractivity (Wildman–Crippen MR) is 89.0 cm³/mol. The lowest BCUT2D eigenvalue weighted by atomic mass is 9.92. The van der Waals surface area contributed by atoms with Crippen LogP contribution in [0.15, 0.2) is 42.5 Å². The molecule has 4 amide bonds. The van der Waals surface area contributed by atoms with E-state index in [-0.39, 0.29) is 0 Å². The summed E-state index contributed by atoms with van der Waals surface area (Å²) in [5.74, 6) is -3.74. The van der Waals surface area contributed by atoms with Crippen LogP contribution in [0.2, 0.25) is 0 Å². The van der Waals surface area contributed by atoms with Crippen molar-refractivity contribution < 1.29 is 27.6 Å². The van der Waals surface area contributed by atoms with Gasteiger partial charge in [-0.05, 0) is 36.8 Å². The zero-order valence-corrected chi connectivity index (χ0v) is 14.1. The summed E-state index contributed by atoms with van der Waals surface area (Å²) in [4.78, 5) is 37.6. The normalized spacial score (nSPS) is 19.2. The van der Waals surface area contributed by atoms with Crippen LogP contribution in [0.1, 0.15) is 12.5 Å². The number of benzene rings is 2. The lowest BCUT2D eigenvalue weighted by molar-refractivity contribution is -0.133. The number of carbonyl (C=O) groups excluding carboxylic acids is 3. The quantitative estimate of drug-likeness (QED) is 0.804. The molecule has 1 aliphatic heterocycles. The summed E-state index contributed by atoms with van der Waals surface area (Å²) < 4.78 is 39.9. The molecular formula is C18H14F3N3O3. The van der Waals surface area contributed by atoms with E-state index in [2.05, 4.69) is 10.6 Å². The smallest absolute Gasteiger partial charge is 0.322 e. The van der Waals surface area contributed by atoms with Crippen LogP contribution >= 0.6 is 0 Å². The van der Waals surface area contributed by atoms with Gasteiger partial charge in [-0.2, -0.15) is 0 Å². The van der Waals surface area contributed by atoms with Crippen LogP contribution in [0.3, 0.4) is 0 Å². The molecule has 1 unspecified atom stereocenters. The molecule has 9 heteroatoms. The number of nitrogens with one attached hydrogen (secondary N) is 2. The molecule has 1 saturated heterocycles. The highest BCUT2D eigenvalue weighted by Gasteiger charge is 2.49. The van der Waals surface area contributed by atoms with Crippen molar-refractivity contribution in [1.82, 2.24) is 10.2 Å². The van der Waals surface area contributed by atoms with E-state index >= 15 is 0 Å². The minimum atomic E-state index is -1.48. The van der Waals surface area contributed by atoms with Crippen molar-refractivity contribution in [1.29, 1.82) is 0 Å². The largest absolute Gasteiger partial charge is 0.325 e. The standard InChI is InChI=1S/C18H14F3N3O3/c1-18(10-2-4-11(19)5-3-10)16(26)24(17(27)23-18)9-15(25)22-14-8-12(20)6-7-13(14)21/h2-8H,9H2,1H3,(H,22,25)(H,23,27). The zero-order valence-electron chi connectivity index (χ0n) is 14.1. The van der Waals surface area contributed by atoms with E-state index < -0.39 is 53.1 Å². The Labute approximate surface area is 152 Å². The molecule has 3 rings (SSSR count). The summed E-state index contributed by atoms with van der Waals surface area (Å²) in [6.07, 6.45) is 0. The van der Waals surface area contributed by atoms with E-state index in [1.165, 1.54) is 19.1 Å². The van der Waals surface area contributed by atoms with Gasteiger partial charge in [0.25, 0.3) is 5.91 Å². The van der Waals surface area contributed by atoms with Gasteiger partial charge in [0, 0.05) is 6.07 Å². The fourth-order valence-electron chi connectivity index (χ4n) is 2.75. The Bertz CT molecular complexity index is 933. The number of amides is 4. The molecule has 1 atom stereocenters. The monoisotopic (exact) mass is 377 g/mol. The summed E-state index contributed by atoms with van der Waals surface area (Å²) >= 11 is 0. The number of nitrogens with zero attached hydrogens (tertiary/aromatic N) is 1. The third-order valence-electron chi connectivity index (χ3n) is 4.20. The highest BCUT2D eigenvalue weighted by molar-refractivity contribution is 6.10. The lowest BCUT2D eigenvalue weighted by Crippen LogP contribution is -2.42. The minimum Gasteiger partial charge on any atom is -0.322 e. The van der Waals surface area contributed by atoms with E-state index in [1.54, 1.807) is 0 Å². The first kappa shape index (κ1) is 18.4.